The van der Waals surface area contributed by atoms with Crippen LogP contribution in [0.5, 0.6) is 5.75 Å². The predicted octanol–water partition coefficient (Wildman–Crippen LogP) is 2.07. The van der Waals surface area contributed by atoms with Crippen molar-refractivity contribution in [2.75, 3.05) is 46.5 Å². The standard InChI is InChI=1S/C16H26N2O2/c1-3-16(17-2)14-4-6-15(7-5-14)20-13-10-18-8-11-19-12-9-18/h4-7,16-17H,3,8-13H2,1-2H3. The van der Waals surface area contributed by atoms with Crippen LogP contribution in [0.2, 0.25) is 0 Å². The number of benzene rings is 1. The molecule has 1 aromatic carbocycles. The molecule has 1 aliphatic heterocycles. The number of nitrogens with one attached hydrogen (secondary N) is 1. The third-order valence-electron chi connectivity index (χ3n) is 3.82. The SMILES string of the molecule is CCC(NC)c1ccc(OCCN2CCOCC2)cc1. The first-order valence-corrected chi connectivity index (χ1v) is 7.53. The number of hydrogen-bond acceptors (Lipinski definition) is 4. The molecule has 1 unspecified atom stereocenters. The van der Waals surface area contributed by atoms with Crippen molar-refractivity contribution in [2.24, 2.45) is 0 Å². The zero-order chi connectivity index (χ0) is 14.2. The van der Waals surface area contributed by atoms with Gasteiger partial charge in [0.25, 0.3) is 0 Å². The Balaban J connectivity index is 1.75. The highest BCUT2D eigenvalue weighted by Gasteiger charge is 2.10. The number of morpholine rings is 1. The summed E-state index contributed by atoms with van der Waals surface area (Å²) in [5, 5.41) is 3.31. The number of nitrogens with zero attached hydrogens (tertiary/aromatic N) is 1. The van der Waals surface area contributed by atoms with Crippen molar-refractivity contribution in [1.29, 1.82) is 0 Å². The molecule has 2 rings (SSSR count). The number of rotatable bonds is 7. The van der Waals surface area contributed by atoms with Crippen LogP contribution in [0.4, 0.5) is 0 Å². The van der Waals surface area contributed by atoms with E-state index in [1.165, 1.54) is 5.56 Å². The van der Waals surface area contributed by atoms with Crippen LogP contribution in [0.1, 0.15) is 24.9 Å². The second kappa shape index (κ2) is 8.25. The normalized spacial score (nSPS) is 17.9. The molecule has 4 nitrogen and oxygen atoms in total. The van der Waals surface area contributed by atoms with Crippen molar-refractivity contribution >= 4 is 0 Å². The average molecular weight is 278 g/mol. The van der Waals surface area contributed by atoms with E-state index in [4.69, 9.17) is 9.47 Å². The Morgan fingerprint density at radius 1 is 1.25 bits per heavy atom. The molecular formula is C16H26N2O2. The highest BCUT2D eigenvalue weighted by atomic mass is 16.5. The predicted molar refractivity (Wildman–Crippen MR) is 81.3 cm³/mol. The molecule has 0 saturated carbocycles. The Morgan fingerprint density at radius 3 is 2.55 bits per heavy atom. The van der Waals surface area contributed by atoms with Gasteiger partial charge >= 0.3 is 0 Å². The van der Waals surface area contributed by atoms with Gasteiger partial charge in [0.2, 0.25) is 0 Å². The van der Waals surface area contributed by atoms with E-state index in [2.05, 4.69) is 41.4 Å². The van der Waals surface area contributed by atoms with E-state index in [0.717, 1.165) is 51.6 Å². The Morgan fingerprint density at radius 2 is 1.95 bits per heavy atom. The molecule has 0 radical (unpaired) electrons. The first kappa shape index (κ1) is 15.3. The molecule has 20 heavy (non-hydrogen) atoms. The van der Waals surface area contributed by atoms with Gasteiger partial charge in [-0.15, -0.1) is 0 Å². The summed E-state index contributed by atoms with van der Waals surface area (Å²) in [6.07, 6.45) is 1.09. The van der Waals surface area contributed by atoms with Gasteiger partial charge in [0.15, 0.2) is 0 Å². The first-order valence-electron chi connectivity index (χ1n) is 7.53. The zero-order valence-corrected chi connectivity index (χ0v) is 12.6. The van der Waals surface area contributed by atoms with Crippen molar-refractivity contribution in [3.05, 3.63) is 29.8 Å². The lowest BCUT2D eigenvalue weighted by Gasteiger charge is -2.26. The monoisotopic (exact) mass is 278 g/mol. The summed E-state index contributed by atoms with van der Waals surface area (Å²) in [7, 11) is 2.00. The lowest BCUT2D eigenvalue weighted by Crippen LogP contribution is -2.38. The lowest BCUT2D eigenvalue weighted by atomic mass is 10.1. The van der Waals surface area contributed by atoms with Crippen LogP contribution in [0, 0.1) is 0 Å². The summed E-state index contributed by atoms with van der Waals surface area (Å²) in [6, 6.07) is 8.85. The van der Waals surface area contributed by atoms with E-state index in [1.54, 1.807) is 0 Å². The van der Waals surface area contributed by atoms with Crippen LogP contribution in [0.25, 0.3) is 0 Å². The van der Waals surface area contributed by atoms with E-state index in [1.807, 2.05) is 7.05 Å². The lowest BCUT2D eigenvalue weighted by molar-refractivity contribution is 0.0322. The Labute approximate surface area is 122 Å². The maximum absolute atomic E-state index is 5.81. The molecule has 1 saturated heterocycles. The van der Waals surface area contributed by atoms with Crippen LogP contribution in [-0.2, 0) is 4.74 Å². The van der Waals surface area contributed by atoms with Gasteiger partial charge in [0.05, 0.1) is 13.2 Å². The minimum Gasteiger partial charge on any atom is -0.492 e. The van der Waals surface area contributed by atoms with Crippen molar-refractivity contribution in [3.8, 4) is 5.75 Å². The fourth-order valence-electron chi connectivity index (χ4n) is 2.52. The van der Waals surface area contributed by atoms with E-state index in [9.17, 15) is 0 Å². The Hall–Kier alpha value is -1.10. The molecule has 0 aromatic heterocycles. The molecule has 1 aromatic rings. The molecule has 1 aliphatic rings. The summed E-state index contributed by atoms with van der Waals surface area (Å²) in [5.74, 6) is 0.952. The molecule has 1 N–H and O–H groups in total. The maximum Gasteiger partial charge on any atom is 0.119 e. The van der Waals surface area contributed by atoms with Gasteiger partial charge < -0.3 is 14.8 Å². The van der Waals surface area contributed by atoms with Crippen molar-refractivity contribution in [1.82, 2.24) is 10.2 Å². The van der Waals surface area contributed by atoms with Gasteiger partial charge in [-0.2, -0.15) is 0 Å². The van der Waals surface area contributed by atoms with Crippen LogP contribution in [0.15, 0.2) is 24.3 Å². The van der Waals surface area contributed by atoms with Crippen LogP contribution >= 0.6 is 0 Å². The molecule has 1 atom stereocenters. The molecule has 1 heterocycles. The first-order chi connectivity index (χ1) is 9.83. The van der Waals surface area contributed by atoms with E-state index in [0.29, 0.717) is 6.04 Å². The molecule has 0 spiro atoms. The fraction of sp³-hybridized carbons (Fsp3) is 0.625. The Kier molecular flexibility index (Phi) is 6.30. The number of ether oxygens (including phenoxy) is 2. The van der Waals surface area contributed by atoms with Crippen LogP contribution in [-0.4, -0.2) is 51.4 Å². The average Bonchev–Trinajstić information content (AvgIpc) is 2.51. The minimum atomic E-state index is 0.428. The smallest absolute Gasteiger partial charge is 0.119 e. The maximum atomic E-state index is 5.81. The third-order valence-corrected chi connectivity index (χ3v) is 3.82. The number of hydrogen-bond donors (Lipinski definition) is 1. The topological polar surface area (TPSA) is 33.7 Å². The molecule has 0 bridgehead atoms. The highest BCUT2D eigenvalue weighted by Crippen LogP contribution is 2.19. The zero-order valence-electron chi connectivity index (χ0n) is 12.6. The van der Waals surface area contributed by atoms with Gasteiger partial charge in [-0.05, 0) is 31.2 Å². The quantitative estimate of drug-likeness (QED) is 0.828. The summed E-state index contributed by atoms with van der Waals surface area (Å²) in [5.41, 5.74) is 1.32. The van der Waals surface area contributed by atoms with E-state index in [-0.39, 0.29) is 0 Å². The van der Waals surface area contributed by atoms with Gasteiger partial charge in [-0.1, -0.05) is 19.1 Å². The molecule has 1 fully saturated rings. The summed E-state index contributed by atoms with van der Waals surface area (Å²) in [6.45, 7) is 7.62. The Bertz CT molecular complexity index is 371. The molecular weight excluding hydrogens is 252 g/mol. The third kappa shape index (κ3) is 4.47. The van der Waals surface area contributed by atoms with Gasteiger partial charge in [-0.3, -0.25) is 4.90 Å². The molecule has 0 amide bonds. The van der Waals surface area contributed by atoms with E-state index >= 15 is 0 Å². The second-order valence-electron chi connectivity index (χ2n) is 5.12. The minimum absolute atomic E-state index is 0.428. The van der Waals surface area contributed by atoms with Gasteiger partial charge in [0, 0.05) is 25.7 Å². The van der Waals surface area contributed by atoms with Gasteiger partial charge in [-0.25, -0.2) is 0 Å². The highest BCUT2D eigenvalue weighted by molar-refractivity contribution is 5.29. The van der Waals surface area contributed by atoms with Crippen LogP contribution in [0.3, 0.4) is 0 Å². The molecule has 112 valence electrons. The second-order valence-corrected chi connectivity index (χ2v) is 5.12. The largest absolute Gasteiger partial charge is 0.492 e. The van der Waals surface area contributed by atoms with E-state index < -0.39 is 0 Å². The summed E-state index contributed by atoms with van der Waals surface area (Å²) in [4.78, 5) is 2.38. The van der Waals surface area contributed by atoms with Crippen molar-refractivity contribution in [2.45, 2.75) is 19.4 Å². The van der Waals surface area contributed by atoms with Crippen molar-refractivity contribution < 1.29 is 9.47 Å². The van der Waals surface area contributed by atoms with Crippen molar-refractivity contribution in [3.63, 3.8) is 0 Å². The molecule has 0 aliphatic carbocycles. The van der Waals surface area contributed by atoms with Gasteiger partial charge in [0.1, 0.15) is 12.4 Å². The fourth-order valence-corrected chi connectivity index (χ4v) is 2.52. The summed E-state index contributed by atoms with van der Waals surface area (Å²) >= 11 is 0. The van der Waals surface area contributed by atoms with Crippen LogP contribution < -0.4 is 10.1 Å². The molecule has 4 heteroatoms. The summed E-state index contributed by atoms with van der Waals surface area (Å²) < 4.78 is 11.1.